The number of aliphatic carboxylic acids is 1. The number of hydrogen-bond donors (Lipinski definition) is 2. The van der Waals surface area contributed by atoms with Crippen LogP contribution < -0.4 is 5.32 Å². The lowest BCUT2D eigenvalue weighted by atomic mass is 9.86. The number of carbonyl (C=O) groups is 2. The van der Waals surface area contributed by atoms with Gasteiger partial charge in [0.05, 0.1) is 0 Å². The van der Waals surface area contributed by atoms with Crippen LogP contribution in [0.25, 0.3) is 0 Å². The van der Waals surface area contributed by atoms with Gasteiger partial charge in [0, 0.05) is 31.6 Å². The molecule has 0 atom stereocenters. The molecule has 2 N–H and O–H groups in total. The molecule has 0 radical (unpaired) electrons. The van der Waals surface area contributed by atoms with Gasteiger partial charge in [0.25, 0.3) is 5.91 Å². The maximum absolute atomic E-state index is 12.4. The van der Waals surface area contributed by atoms with Gasteiger partial charge in [-0.05, 0) is 23.1 Å². The van der Waals surface area contributed by atoms with Gasteiger partial charge in [-0.25, -0.2) is 4.79 Å². The molecule has 1 aliphatic rings. The second-order valence-electron chi connectivity index (χ2n) is 6.78. The summed E-state index contributed by atoms with van der Waals surface area (Å²) in [5.41, 5.74) is 0.388. The largest absolute Gasteiger partial charge is 0.480 e. The van der Waals surface area contributed by atoms with E-state index in [1.165, 1.54) is 0 Å². The van der Waals surface area contributed by atoms with Gasteiger partial charge in [-0.15, -0.1) is 0 Å². The van der Waals surface area contributed by atoms with Gasteiger partial charge in [-0.1, -0.05) is 32.9 Å². The molecule has 0 aromatic heterocycles. The zero-order valence-corrected chi connectivity index (χ0v) is 13.3. The van der Waals surface area contributed by atoms with Crippen LogP contribution >= 0.6 is 0 Å². The van der Waals surface area contributed by atoms with Crippen LogP contribution in [0.15, 0.2) is 24.3 Å². The highest BCUT2D eigenvalue weighted by Gasteiger charge is 2.41. The molecule has 0 aliphatic carbocycles. The van der Waals surface area contributed by atoms with E-state index in [0.717, 1.165) is 5.56 Å². The minimum absolute atomic E-state index is 0.0119. The van der Waals surface area contributed by atoms with Crippen LogP contribution in [0.5, 0.6) is 0 Å². The first-order valence-electron chi connectivity index (χ1n) is 7.49. The van der Waals surface area contributed by atoms with Crippen molar-refractivity contribution >= 4 is 11.9 Å². The van der Waals surface area contributed by atoms with Crippen LogP contribution in [0.3, 0.4) is 0 Å². The van der Waals surface area contributed by atoms with Gasteiger partial charge in [0.15, 0.2) is 0 Å². The Labute approximate surface area is 130 Å². The van der Waals surface area contributed by atoms with E-state index in [2.05, 4.69) is 26.1 Å². The van der Waals surface area contributed by atoms with Crippen molar-refractivity contribution in [3.63, 3.8) is 0 Å². The molecule has 0 saturated carbocycles. The van der Waals surface area contributed by atoms with E-state index in [4.69, 9.17) is 4.74 Å². The molecule has 0 bridgehead atoms. The molecule has 5 heteroatoms. The molecule has 1 saturated heterocycles. The molecule has 22 heavy (non-hydrogen) atoms. The second kappa shape index (κ2) is 6.08. The van der Waals surface area contributed by atoms with Crippen molar-refractivity contribution in [1.29, 1.82) is 0 Å². The Morgan fingerprint density at radius 2 is 1.68 bits per heavy atom. The van der Waals surface area contributed by atoms with E-state index in [1.54, 1.807) is 12.1 Å². The van der Waals surface area contributed by atoms with Crippen molar-refractivity contribution in [2.24, 2.45) is 0 Å². The number of carboxylic acid groups (broad SMARTS) is 1. The fraction of sp³-hybridized carbons (Fsp3) is 0.529. The average molecular weight is 305 g/mol. The van der Waals surface area contributed by atoms with Gasteiger partial charge in [-0.2, -0.15) is 0 Å². The number of benzene rings is 1. The van der Waals surface area contributed by atoms with Gasteiger partial charge in [0.2, 0.25) is 0 Å². The van der Waals surface area contributed by atoms with Crippen molar-refractivity contribution in [2.45, 2.75) is 44.6 Å². The van der Waals surface area contributed by atoms with Gasteiger partial charge < -0.3 is 15.2 Å². The van der Waals surface area contributed by atoms with E-state index < -0.39 is 11.5 Å². The van der Waals surface area contributed by atoms with Gasteiger partial charge in [-0.3, -0.25) is 4.79 Å². The third-order valence-electron chi connectivity index (χ3n) is 4.12. The molecule has 0 unspecified atom stereocenters. The molecule has 1 heterocycles. The third kappa shape index (κ3) is 3.47. The molecule has 0 spiro atoms. The van der Waals surface area contributed by atoms with Crippen LogP contribution in [-0.2, 0) is 14.9 Å². The fourth-order valence-corrected chi connectivity index (χ4v) is 2.52. The minimum Gasteiger partial charge on any atom is -0.480 e. The Morgan fingerprint density at radius 3 is 2.14 bits per heavy atom. The van der Waals surface area contributed by atoms with E-state index in [9.17, 15) is 14.7 Å². The zero-order valence-electron chi connectivity index (χ0n) is 13.3. The summed E-state index contributed by atoms with van der Waals surface area (Å²) < 4.78 is 5.20. The Kier molecular flexibility index (Phi) is 4.56. The van der Waals surface area contributed by atoms with Crippen molar-refractivity contribution in [3.8, 4) is 0 Å². The number of amides is 1. The summed E-state index contributed by atoms with van der Waals surface area (Å²) in [7, 11) is 0. The third-order valence-corrected chi connectivity index (χ3v) is 4.12. The summed E-state index contributed by atoms with van der Waals surface area (Å²) >= 11 is 0. The number of hydrogen-bond acceptors (Lipinski definition) is 3. The van der Waals surface area contributed by atoms with Gasteiger partial charge in [0.1, 0.15) is 5.54 Å². The van der Waals surface area contributed by atoms with Crippen LogP contribution in [0, 0.1) is 0 Å². The lowest BCUT2D eigenvalue weighted by Crippen LogP contribution is -2.57. The van der Waals surface area contributed by atoms with E-state index in [0.29, 0.717) is 18.8 Å². The first-order valence-corrected chi connectivity index (χ1v) is 7.49. The summed E-state index contributed by atoms with van der Waals surface area (Å²) in [6, 6.07) is 7.30. The van der Waals surface area contributed by atoms with Crippen LogP contribution in [0.4, 0.5) is 0 Å². The van der Waals surface area contributed by atoms with Crippen molar-refractivity contribution in [2.75, 3.05) is 13.2 Å². The highest BCUT2D eigenvalue weighted by atomic mass is 16.5. The molecule has 1 amide bonds. The summed E-state index contributed by atoms with van der Waals surface area (Å²) in [5, 5.41) is 12.2. The molecular formula is C17H23NO4. The number of nitrogens with one attached hydrogen (secondary N) is 1. The molecule has 5 nitrogen and oxygen atoms in total. The molecule has 1 aromatic rings. The summed E-state index contributed by atoms with van der Waals surface area (Å²) in [6.45, 7) is 6.99. The predicted octanol–water partition coefficient (Wildman–Crippen LogP) is 2.35. The van der Waals surface area contributed by atoms with E-state index in [-0.39, 0.29) is 24.2 Å². The number of carboxylic acids is 1. The van der Waals surface area contributed by atoms with Crippen LogP contribution in [0.2, 0.25) is 0 Å². The highest BCUT2D eigenvalue weighted by molar-refractivity contribution is 5.98. The van der Waals surface area contributed by atoms with Crippen molar-refractivity contribution < 1.29 is 19.4 Å². The summed E-state index contributed by atoms with van der Waals surface area (Å²) in [4.78, 5) is 23.9. The minimum atomic E-state index is -1.22. The van der Waals surface area contributed by atoms with Crippen molar-refractivity contribution in [1.82, 2.24) is 5.32 Å². The monoisotopic (exact) mass is 305 g/mol. The zero-order chi connectivity index (χ0) is 16.4. The first-order chi connectivity index (χ1) is 10.2. The lowest BCUT2D eigenvalue weighted by Gasteiger charge is -2.33. The maximum atomic E-state index is 12.4. The van der Waals surface area contributed by atoms with Crippen LogP contribution in [-0.4, -0.2) is 35.7 Å². The Balaban J connectivity index is 2.15. The standard InChI is InChI=1S/C17H23NO4/c1-16(2,3)13-6-4-12(5-7-13)14(19)18-17(15(20)21)8-10-22-11-9-17/h4-7H,8-11H2,1-3H3,(H,18,19)(H,20,21). The molecule has 1 aliphatic heterocycles. The highest BCUT2D eigenvalue weighted by Crippen LogP contribution is 2.24. The maximum Gasteiger partial charge on any atom is 0.329 e. The molecule has 2 rings (SSSR count). The van der Waals surface area contributed by atoms with Gasteiger partial charge >= 0.3 is 5.97 Å². The summed E-state index contributed by atoms with van der Waals surface area (Å²) in [5.74, 6) is -1.36. The lowest BCUT2D eigenvalue weighted by molar-refractivity contribution is -0.148. The number of carbonyl (C=O) groups excluding carboxylic acids is 1. The normalized spacial score (nSPS) is 17.8. The number of ether oxygens (including phenoxy) is 1. The first kappa shape index (κ1) is 16.5. The Bertz CT molecular complexity index is 551. The quantitative estimate of drug-likeness (QED) is 0.899. The van der Waals surface area contributed by atoms with E-state index >= 15 is 0 Å². The average Bonchev–Trinajstić information content (AvgIpc) is 2.47. The topological polar surface area (TPSA) is 75.6 Å². The Morgan fingerprint density at radius 1 is 1.14 bits per heavy atom. The summed E-state index contributed by atoms with van der Waals surface area (Å²) in [6.07, 6.45) is 0.572. The predicted molar refractivity (Wildman–Crippen MR) is 83.0 cm³/mol. The second-order valence-corrected chi connectivity index (χ2v) is 6.78. The van der Waals surface area contributed by atoms with Crippen LogP contribution in [0.1, 0.15) is 49.5 Å². The Hall–Kier alpha value is -1.88. The molecule has 1 fully saturated rings. The smallest absolute Gasteiger partial charge is 0.329 e. The van der Waals surface area contributed by atoms with E-state index in [1.807, 2.05) is 12.1 Å². The number of rotatable bonds is 3. The molecule has 1 aromatic carbocycles. The van der Waals surface area contributed by atoms with Crippen molar-refractivity contribution in [3.05, 3.63) is 35.4 Å². The SMILES string of the molecule is CC(C)(C)c1ccc(C(=O)NC2(C(=O)O)CCOCC2)cc1. The molecular weight excluding hydrogens is 282 g/mol. The molecule has 120 valence electrons. The fourth-order valence-electron chi connectivity index (χ4n) is 2.52.